The maximum absolute atomic E-state index is 6.02. The summed E-state index contributed by atoms with van der Waals surface area (Å²) in [5.74, 6) is 2.48. The van der Waals surface area contributed by atoms with Crippen molar-refractivity contribution >= 4 is 11.6 Å². The summed E-state index contributed by atoms with van der Waals surface area (Å²) in [6, 6.07) is 0. The fourth-order valence-corrected chi connectivity index (χ4v) is 2.01. The van der Waals surface area contributed by atoms with Gasteiger partial charge in [-0.05, 0) is 43.2 Å². The Bertz CT molecular complexity index is 329. The first kappa shape index (κ1) is 10.9. The standard InChI is InChI=1S/C11H18ClN3/c1-8(2)4-3-7-15-10(9-5-6-9)13-14-11(15)12/h8-9H,3-7H2,1-2H3. The second-order valence-electron chi connectivity index (χ2n) is 4.79. The van der Waals surface area contributed by atoms with Gasteiger partial charge in [0.2, 0.25) is 5.28 Å². The molecular formula is C11H18ClN3. The molecule has 0 spiro atoms. The highest BCUT2D eigenvalue weighted by Crippen LogP contribution is 2.39. The van der Waals surface area contributed by atoms with Crippen LogP contribution in [0.1, 0.15) is 51.3 Å². The van der Waals surface area contributed by atoms with Crippen LogP contribution in [0.4, 0.5) is 0 Å². The Morgan fingerprint density at radius 3 is 2.73 bits per heavy atom. The van der Waals surface area contributed by atoms with Crippen molar-refractivity contribution < 1.29 is 0 Å². The van der Waals surface area contributed by atoms with Gasteiger partial charge in [0, 0.05) is 12.5 Å². The van der Waals surface area contributed by atoms with E-state index in [1.54, 1.807) is 0 Å². The third kappa shape index (κ3) is 2.71. The Labute approximate surface area is 95.8 Å². The molecule has 1 heterocycles. The Morgan fingerprint density at radius 2 is 2.13 bits per heavy atom. The van der Waals surface area contributed by atoms with E-state index in [1.165, 1.54) is 19.3 Å². The van der Waals surface area contributed by atoms with Crippen LogP contribution in [0, 0.1) is 5.92 Å². The fraction of sp³-hybridized carbons (Fsp3) is 0.818. The Balaban J connectivity index is 1.96. The highest BCUT2D eigenvalue weighted by Gasteiger charge is 2.29. The number of hydrogen-bond donors (Lipinski definition) is 0. The van der Waals surface area contributed by atoms with Crippen LogP contribution in [0.3, 0.4) is 0 Å². The molecule has 1 aromatic heterocycles. The van der Waals surface area contributed by atoms with Gasteiger partial charge in [0.1, 0.15) is 5.82 Å². The van der Waals surface area contributed by atoms with E-state index in [0.29, 0.717) is 11.2 Å². The Kier molecular flexibility index (Phi) is 3.29. The normalized spacial score (nSPS) is 16.3. The van der Waals surface area contributed by atoms with Gasteiger partial charge in [-0.25, -0.2) is 0 Å². The van der Waals surface area contributed by atoms with Gasteiger partial charge >= 0.3 is 0 Å². The highest BCUT2D eigenvalue weighted by molar-refractivity contribution is 6.28. The maximum atomic E-state index is 6.02. The summed E-state index contributed by atoms with van der Waals surface area (Å²) >= 11 is 6.02. The van der Waals surface area contributed by atoms with Gasteiger partial charge in [0.15, 0.2) is 0 Å². The zero-order chi connectivity index (χ0) is 10.8. The molecular weight excluding hydrogens is 210 g/mol. The summed E-state index contributed by atoms with van der Waals surface area (Å²) in [6.45, 7) is 5.46. The molecule has 0 radical (unpaired) electrons. The minimum Gasteiger partial charge on any atom is -0.302 e. The van der Waals surface area contributed by atoms with Gasteiger partial charge in [-0.3, -0.25) is 0 Å². The van der Waals surface area contributed by atoms with Crippen LogP contribution in [-0.4, -0.2) is 14.8 Å². The minimum atomic E-state index is 0.556. The maximum Gasteiger partial charge on any atom is 0.225 e. The average molecular weight is 228 g/mol. The largest absolute Gasteiger partial charge is 0.302 e. The van der Waals surface area contributed by atoms with E-state index in [4.69, 9.17) is 11.6 Å². The number of hydrogen-bond acceptors (Lipinski definition) is 2. The fourth-order valence-electron chi connectivity index (χ4n) is 1.80. The summed E-state index contributed by atoms with van der Waals surface area (Å²) in [4.78, 5) is 0. The number of aromatic nitrogens is 3. The van der Waals surface area contributed by atoms with E-state index in [-0.39, 0.29) is 0 Å². The zero-order valence-electron chi connectivity index (χ0n) is 9.41. The molecule has 0 bridgehead atoms. The van der Waals surface area contributed by atoms with Crippen LogP contribution >= 0.6 is 11.6 Å². The first-order chi connectivity index (χ1) is 7.18. The van der Waals surface area contributed by atoms with E-state index in [1.807, 2.05) is 0 Å². The molecule has 0 amide bonds. The lowest BCUT2D eigenvalue weighted by Gasteiger charge is -2.08. The van der Waals surface area contributed by atoms with Crippen molar-refractivity contribution in [1.82, 2.24) is 14.8 Å². The molecule has 0 saturated heterocycles. The van der Waals surface area contributed by atoms with Crippen LogP contribution in [0.2, 0.25) is 5.28 Å². The van der Waals surface area contributed by atoms with Gasteiger partial charge in [0.05, 0.1) is 0 Å². The SMILES string of the molecule is CC(C)CCCn1c(Cl)nnc1C1CC1. The predicted molar refractivity (Wildman–Crippen MR) is 61.1 cm³/mol. The van der Waals surface area contributed by atoms with E-state index in [9.17, 15) is 0 Å². The van der Waals surface area contributed by atoms with E-state index >= 15 is 0 Å². The summed E-state index contributed by atoms with van der Waals surface area (Å²) in [7, 11) is 0. The minimum absolute atomic E-state index is 0.556. The molecule has 84 valence electrons. The number of rotatable bonds is 5. The molecule has 1 aromatic rings. The van der Waals surface area contributed by atoms with Gasteiger partial charge in [-0.2, -0.15) is 0 Å². The lowest BCUT2D eigenvalue weighted by Crippen LogP contribution is -2.04. The average Bonchev–Trinajstić information content (AvgIpc) is 2.94. The summed E-state index contributed by atoms with van der Waals surface area (Å²) < 4.78 is 2.08. The van der Waals surface area contributed by atoms with Crippen molar-refractivity contribution in [3.8, 4) is 0 Å². The third-order valence-electron chi connectivity index (χ3n) is 2.84. The van der Waals surface area contributed by atoms with E-state index < -0.39 is 0 Å². The van der Waals surface area contributed by atoms with Crippen molar-refractivity contribution in [1.29, 1.82) is 0 Å². The quantitative estimate of drug-likeness (QED) is 0.773. The summed E-state index contributed by atoms with van der Waals surface area (Å²) in [5.41, 5.74) is 0. The topological polar surface area (TPSA) is 30.7 Å². The molecule has 0 atom stereocenters. The molecule has 2 rings (SSSR count). The van der Waals surface area contributed by atoms with Gasteiger partial charge in [-0.1, -0.05) is 13.8 Å². The van der Waals surface area contributed by atoms with Crippen LogP contribution in [0.25, 0.3) is 0 Å². The van der Waals surface area contributed by atoms with Crippen molar-refractivity contribution in [3.05, 3.63) is 11.1 Å². The molecule has 0 aromatic carbocycles. The second kappa shape index (κ2) is 4.52. The molecule has 4 heteroatoms. The lowest BCUT2D eigenvalue weighted by atomic mass is 10.1. The van der Waals surface area contributed by atoms with Gasteiger partial charge < -0.3 is 4.57 Å². The number of halogens is 1. The Hall–Kier alpha value is -0.570. The van der Waals surface area contributed by atoms with Crippen LogP contribution in [0.5, 0.6) is 0 Å². The first-order valence-corrected chi connectivity index (χ1v) is 6.15. The third-order valence-corrected chi connectivity index (χ3v) is 3.12. The molecule has 0 N–H and O–H groups in total. The van der Waals surface area contributed by atoms with Crippen LogP contribution in [0.15, 0.2) is 0 Å². The Morgan fingerprint density at radius 1 is 1.40 bits per heavy atom. The van der Waals surface area contributed by atoms with Crippen molar-refractivity contribution in [2.45, 2.75) is 52.0 Å². The molecule has 1 aliphatic rings. The summed E-state index contributed by atoms with van der Waals surface area (Å²) in [5, 5.41) is 8.67. The van der Waals surface area contributed by atoms with E-state index in [2.05, 4.69) is 28.6 Å². The predicted octanol–water partition coefficient (Wildman–Crippen LogP) is 3.25. The van der Waals surface area contributed by atoms with Gasteiger partial charge in [0.25, 0.3) is 0 Å². The molecule has 1 aliphatic carbocycles. The molecule has 0 aliphatic heterocycles. The monoisotopic (exact) mass is 227 g/mol. The molecule has 0 unspecified atom stereocenters. The molecule has 15 heavy (non-hydrogen) atoms. The van der Waals surface area contributed by atoms with Crippen LogP contribution < -0.4 is 0 Å². The lowest BCUT2D eigenvalue weighted by molar-refractivity contribution is 0.504. The van der Waals surface area contributed by atoms with Gasteiger partial charge in [-0.15, -0.1) is 10.2 Å². The van der Waals surface area contributed by atoms with E-state index in [0.717, 1.165) is 24.7 Å². The second-order valence-corrected chi connectivity index (χ2v) is 5.13. The number of nitrogens with zero attached hydrogens (tertiary/aromatic N) is 3. The first-order valence-electron chi connectivity index (χ1n) is 5.77. The highest BCUT2D eigenvalue weighted by atomic mass is 35.5. The smallest absolute Gasteiger partial charge is 0.225 e. The molecule has 1 fully saturated rings. The molecule has 1 saturated carbocycles. The zero-order valence-corrected chi connectivity index (χ0v) is 10.2. The van der Waals surface area contributed by atoms with Crippen molar-refractivity contribution in [2.75, 3.05) is 0 Å². The molecule has 3 nitrogen and oxygen atoms in total. The summed E-state index contributed by atoms with van der Waals surface area (Å²) in [6.07, 6.45) is 4.90. The van der Waals surface area contributed by atoms with Crippen molar-refractivity contribution in [2.24, 2.45) is 5.92 Å². The van der Waals surface area contributed by atoms with Crippen molar-refractivity contribution in [3.63, 3.8) is 0 Å². The van der Waals surface area contributed by atoms with Crippen LogP contribution in [-0.2, 0) is 6.54 Å².